The third-order valence-electron chi connectivity index (χ3n) is 2.57. The maximum atomic E-state index is 10.7. The number of carboxylic acid groups (broad SMARTS) is 1. The van der Waals surface area contributed by atoms with Crippen LogP contribution in [0.15, 0.2) is 48.8 Å². The van der Waals surface area contributed by atoms with Gasteiger partial charge in [0.1, 0.15) is 11.9 Å². The molecule has 4 heteroatoms. The number of aromatic carboxylic acids is 1. The molecule has 1 aromatic carbocycles. The molecule has 0 amide bonds. The van der Waals surface area contributed by atoms with Gasteiger partial charge < -0.3 is 9.84 Å². The molecule has 1 N–H and O–H groups in total. The van der Waals surface area contributed by atoms with Crippen LogP contribution < -0.4 is 4.74 Å². The van der Waals surface area contributed by atoms with Gasteiger partial charge in [0.05, 0.1) is 5.56 Å². The second-order valence-corrected chi connectivity index (χ2v) is 3.88. The van der Waals surface area contributed by atoms with E-state index in [1.807, 2.05) is 19.1 Å². The van der Waals surface area contributed by atoms with Crippen LogP contribution in [-0.4, -0.2) is 16.1 Å². The summed E-state index contributed by atoms with van der Waals surface area (Å²) in [6.07, 6.45) is 3.32. The van der Waals surface area contributed by atoms with Crippen LogP contribution in [0.2, 0.25) is 0 Å². The summed E-state index contributed by atoms with van der Waals surface area (Å²) in [5.41, 5.74) is 1.22. The summed E-state index contributed by atoms with van der Waals surface area (Å²) in [5, 5.41) is 8.79. The van der Waals surface area contributed by atoms with Crippen molar-refractivity contribution in [2.45, 2.75) is 13.0 Å². The molecule has 1 unspecified atom stereocenters. The second kappa shape index (κ2) is 5.31. The Balaban J connectivity index is 2.08. The highest BCUT2D eigenvalue weighted by Gasteiger charge is 2.08. The van der Waals surface area contributed by atoms with Crippen molar-refractivity contribution >= 4 is 5.97 Å². The van der Waals surface area contributed by atoms with Crippen LogP contribution in [0.1, 0.15) is 28.9 Å². The number of rotatable bonds is 4. The fraction of sp³-hybridized carbons (Fsp3) is 0.143. The molecule has 92 valence electrons. The number of aromatic nitrogens is 1. The minimum Gasteiger partial charge on any atom is -0.486 e. The van der Waals surface area contributed by atoms with Gasteiger partial charge in [0.25, 0.3) is 0 Å². The maximum absolute atomic E-state index is 10.7. The third-order valence-corrected chi connectivity index (χ3v) is 2.57. The number of nitrogens with zero attached hydrogens (tertiary/aromatic N) is 1. The average molecular weight is 243 g/mol. The standard InChI is InChI=1S/C14H13NO3/c1-10(12-3-2-8-15-9-12)18-13-6-4-11(5-7-13)14(16)17/h2-10H,1H3,(H,16,17). The second-order valence-electron chi connectivity index (χ2n) is 3.88. The largest absolute Gasteiger partial charge is 0.486 e. The molecule has 1 aromatic heterocycles. The lowest BCUT2D eigenvalue weighted by Crippen LogP contribution is -2.03. The minimum atomic E-state index is -0.943. The van der Waals surface area contributed by atoms with Gasteiger partial charge >= 0.3 is 5.97 Å². The van der Waals surface area contributed by atoms with Crippen molar-refractivity contribution in [2.75, 3.05) is 0 Å². The molecule has 0 spiro atoms. The lowest BCUT2D eigenvalue weighted by molar-refractivity contribution is 0.0697. The van der Waals surface area contributed by atoms with E-state index in [1.54, 1.807) is 24.5 Å². The van der Waals surface area contributed by atoms with E-state index in [4.69, 9.17) is 9.84 Å². The molecule has 0 fully saturated rings. The molecule has 0 aliphatic heterocycles. The zero-order valence-corrected chi connectivity index (χ0v) is 9.91. The van der Waals surface area contributed by atoms with Crippen LogP contribution >= 0.6 is 0 Å². The molecule has 0 radical (unpaired) electrons. The molecule has 18 heavy (non-hydrogen) atoms. The zero-order chi connectivity index (χ0) is 13.0. The number of pyridine rings is 1. The van der Waals surface area contributed by atoms with E-state index in [9.17, 15) is 4.79 Å². The van der Waals surface area contributed by atoms with Gasteiger partial charge in [0.15, 0.2) is 0 Å². The summed E-state index contributed by atoms with van der Waals surface area (Å²) >= 11 is 0. The summed E-state index contributed by atoms with van der Waals surface area (Å²) in [5.74, 6) is -0.307. The van der Waals surface area contributed by atoms with Crippen LogP contribution in [0, 0.1) is 0 Å². The Labute approximate surface area is 105 Å². The summed E-state index contributed by atoms with van der Waals surface area (Å²) in [6, 6.07) is 10.1. The highest BCUT2D eigenvalue weighted by Crippen LogP contribution is 2.21. The Kier molecular flexibility index (Phi) is 3.57. The monoisotopic (exact) mass is 243 g/mol. The van der Waals surface area contributed by atoms with E-state index in [-0.39, 0.29) is 11.7 Å². The normalized spacial score (nSPS) is 11.8. The lowest BCUT2D eigenvalue weighted by Gasteiger charge is -2.14. The van der Waals surface area contributed by atoms with Crippen molar-refractivity contribution in [3.8, 4) is 5.75 Å². The van der Waals surface area contributed by atoms with Crippen LogP contribution in [0.5, 0.6) is 5.75 Å². The van der Waals surface area contributed by atoms with E-state index in [0.29, 0.717) is 5.75 Å². The summed E-state index contributed by atoms with van der Waals surface area (Å²) in [6.45, 7) is 1.92. The summed E-state index contributed by atoms with van der Waals surface area (Å²) in [7, 11) is 0. The van der Waals surface area contributed by atoms with E-state index in [1.165, 1.54) is 12.1 Å². The molecule has 0 saturated carbocycles. The number of carbonyl (C=O) groups is 1. The number of hydrogen-bond acceptors (Lipinski definition) is 3. The Bertz CT molecular complexity index is 522. The summed E-state index contributed by atoms with van der Waals surface area (Å²) < 4.78 is 5.70. The number of hydrogen-bond donors (Lipinski definition) is 1. The van der Waals surface area contributed by atoms with Gasteiger partial charge in [-0.2, -0.15) is 0 Å². The van der Waals surface area contributed by atoms with Gasteiger partial charge in [-0.1, -0.05) is 6.07 Å². The van der Waals surface area contributed by atoms with Crippen molar-refractivity contribution in [3.63, 3.8) is 0 Å². The predicted octanol–water partition coefficient (Wildman–Crippen LogP) is 2.92. The van der Waals surface area contributed by atoms with E-state index in [2.05, 4.69) is 4.98 Å². The van der Waals surface area contributed by atoms with Crippen molar-refractivity contribution in [3.05, 3.63) is 59.9 Å². The first kappa shape index (κ1) is 12.1. The number of benzene rings is 1. The predicted molar refractivity (Wildman–Crippen MR) is 66.7 cm³/mol. The van der Waals surface area contributed by atoms with Gasteiger partial charge in [0.2, 0.25) is 0 Å². The SMILES string of the molecule is CC(Oc1ccc(C(=O)O)cc1)c1cccnc1. The van der Waals surface area contributed by atoms with Crippen LogP contribution in [0.4, 0.5) is 0 Å². The Morgan fingerprint density at radius 2 is 2.00 bits per heavy atom. The highest BCUT2D eigenvalue weighted by atomic mass is 16.5. The molecule has 0 saturated heterocycles. The number of ether oxygens (including phenoxy) is 1. The molecule has 4 nitrogen and oxygen atoms in total. The Morgan fingerprint density at radius 3 is 2.56 bits per heavy atom. The van der Waals surface area contributed by atoms with E-state index < -0.39 is 5.97 Å². The topological polar surface area (TPSA) is 59.4 Å². The molecule has 1 heterocycles. The van der Waals surface area contributed by atoms with Gasteiger partial charge in [-0.05, 0) is 37.3 Å². The van der Waals surface area contributed by atoms with Crippen molar-refractivity contribution in [1.29, 1.82) is 0 Å². The Morgan fingerprint density at radius 1 is 1.28 bits per heavy atom. The maximum Gasteiger partial charge on any atom is 0.335 e. The molecule has 2 aromatic rings. The quantitative estimate of drug-likeness (QED) is 0.896. The van der Waals surface area contributed by atoms with E-state index in [0.717, 1.165) is 5.56 Å². The van der Waals surface area contributed by atoms with Crippen LogP contribution in [0.3, 0.4) is 0 Å². The molecular formula is C14H13NO3. The third kappa shape index (κ3) is 2.85. The van der Waals surface area contributed by atoms with Crippen molar-refractivity contribution in [2.24, 2.45) is 0 Å². The first-order chi connectivity index (χ1) is 8.66. The smallest absolute Gasteiger partial charge is 0.335 e. The first-order valence-electron chi connectivity index (χ1n) is 5.57. The van der Waals surface area contributed by atoms with Crippen molar-refractivity contribution < 1.29 is 14.6 Å². The average Bonchev–Trinajstić information content (AvgIpc) is 2.40. The molecular weight excluding hydrogens is 230 g/mol. The van der Waals surface area contributed by atoms with Crippen LogP contribution in [-0.2, 0) is 0 Å². The minimum absolute atomic E-state index is 0.130. The molecule has 0 aliphatic carbocycles. The van der Waals surface area contributed by atoms with Crippen LogP contribution in [0.25, 0.3) is 0 Å². The zero-order valence-electron chi connectivity index (χ0n) is 9.91. The highest BCUT2D eigenvalue weighted by molar-refractivity contribution is 5.87. The lowest BCUT2D eigenvalue weighted by atomic mass is 10.2. The van der Waals surface area contributed by atoms with Gasteiger partial charge in [-0.25, -0.2) is 4.79 Å². The number of carboxylic acids is 1. The summed E-state index contributed by atoms with van der Waals surface area (Å²) in [4.78, 5) is 14.7. The first-order valence-corrected chi connectivity index (χ1v) is 5.57. The molecule has 1 atom stereocenters. The molecule has 2 rings (SSSR count). The fourth-order valence-corrected chi connectivity index (χ4v) is 1.56. The molecule has 0 bridgehead atoms. The van der Waals surface area contributed by atoms with Gasteiger partial charge in [0, 0.05) is 18.0 Å². The fourth-order valence-electron chi connectivity index (χ4n) is 1.56. The van der Waals surface area contributed by atoms with Gasteiger partial charge in [-0.15, -0.1) is 0 Å². The molecule has 0 aliphatic rings. The Hall–Kier alpha value is -2.36. The van der Waals surface area contributed by atoms with Crippen molar-refractivity contribution in [1.82, 2.24) is 4.98 Å². The van der Waals surface area contributed by atoms with E-state index >= 15 is 0 Å². The van der Waals surface area contributed by atoms with Gasteiger partial charge in [-0.3, -0.25) is 4.98 Å².